The summed E-state index contributed by atoms with van der Waals surface area (Å²) in [7, 11) is 2.25. The highest BCUT2D eigenvalue weighted by Crippen LogP contribution is 2.19. The summed E-state index contributed by atoms with van der Waals surface area (Å²) in [6.45, 7) is 11.9. The molecule has 0 aromatic rings. The summed E-state index contributed by atoms with van der Waals surface area (Å²) in [6, 6.07) is 0. The van der Waals surface area contributed by atoms with Gasteiger partial charge in [-0.1, -0.05) is 20.8 Å². The minimum atomic E-state index is 0.474. The third kappa shape index (κ3) is 4.97. The van der Waals surface area contributed by atoms with E-state index in [1.807, 2.05) is 0 Å². The lowest BCUT2D eigenvalue weighted by atomic mass is 9.92. The number of nitrogens with zero attached hydrogens (tertiary/aromatic N) is 1. The molecule has 1 fully saturated rings. The minimum Gasteiger partial charge on any atom is -0.316 e. The second kappa shape index (κ2) is 5.13. The standard InChI is InChI=1S/C12H26N2/c1-12(2,3)6-8-14(4)10-11-5-7-13-9-11/h11,13H,5-10H2,1-4H3. The van der Waals surface area contributed by atoms with E-state index in [2.05, 4.69) is 38.0 Å². The van der Waals surface area contributed by atoms with Gasteiger partial charge in [0.25, 0.3) is 0 Å². The number of rotatable bonds is 4. The smallest absolute Gasteiger partial charge is 0.00192 e. The average Bonchev–Trinajstić information content (AvgIpc) is 2.52. The summed E-state index contributed by atoms with van der Waals surface area (Å²) in [4.78, 5) is 2.49. The fraction of sp³-hybridized carbons (Fsp3) is 1.00. The first-order valence-corrected chi connectivity index (χ1v) is 5.87. The first-order valence-electron chi connectivity index (χ1n) is 5.87. The van der Waals surface area contributed by atoms with Crippen LogP contribution >= 0.6 is 0 Å². The van der Waals surface area contributed by atoms with E-state index in [0.29, 0.717) is 5.41 Å². The van der Waals surface area contributed by atoms with Crippen LogP contribution in [0.15, 0.2) is 0 Å². The van der Waals surface area contributed by atoms with Crippen molar-refractivity contribution in [2.24, 2.45) is 11.3 Å². The normalized spacial score (nSPS) is 23.4. The van der Waals surface area contributed by atoms with E-state index in [-0.39, 0.29) is 0 Å². The first kappa shape index (κ1) is 12.0. The van der Waals surface area contributed by atoms with E-state index in [9.17, 15) is 0 Å². The van der Waals surface area contributed by atoms with Crippen molar-refractivity contribution in [1.82, 2.24) is 10.2 Å². The second-order valence-electron chi connectivity index (χ2n) is 5.93. The Labute approximate surface area is 89.1 Å². The van der Waals surface area contributed by atoms with Crippen molar-refractivity contribution in [3.8, 4) is 0 Å². The Morgan fingerprint density at radius 1 is 1.36 bits per heavy atom. The molecule has 2 nitrogen and oxygen atoms in total. The Balaban J connectivity index is 2.12. The van der Waals surface area contributed by atoms with E-state index in [1.54, 1.807) is 0 Å². The molecule has 1 aliphatic heterocycles. The zero-order valence-electron chi connectivity index (χ0n) is 10.3. The zero-order chi connectivity index (χ0) is 10.6. The van der Waals surface area contributed by atoms with Crippen molar-refractivity contribution >= 4 is 0 Å². The number of nitrogens with one attached hydrogen (secondary N) is 1. The summed E-state index contributed by atoms with van der Waals surface area (Å²) < 4.78 is 0. The van der Waals surface area contributed by atoms with Gasteiger partial charge in [0.1, 0.15) is 0 Å². The summed E-state index contributed by atoms with van der Waals surface area (Å²) >= 11 is 0. The molecule has 0 amide bonds. The number of hydrogen-bond acceptors (Lipinski definition) is 2. The van der Waals surface area contributed by atoms with Gasteiger partial charge in [-0.15, -0.1) is 0 Å². The van der Waals surface area contributed by atoms with Crippen molar-refractivity contribution in [2.45, 2.75) is 33.6 Å². The second-order valence-corrected chi connectivity index (χ2v) is 5.93. The SMILES string of the molecule is CN(CCC(C)(C)C)CC1CCNC1. The molecular formula is C12H26N2. The maximum atomic E-state index is 3.42. The van der Waals surface area contributed by atoms with E-state index in [4.69, 9.17) is 0 Å². The summed E-state index contributed by atoms with van der Waals surface area (Å²) in [5.41, 5.74) is 0.474. The largest absolute Gasteiger partial charge is 0.316 e. The molecule has 1 saturated heterocycles. The van der Waals surface area contributed by atoms with Crippen LogP contribution in [0.2, 0.25) is 0 Å². The lowest BCUT2D eigenvalue weighted by Gasteiger charge is -2.25. The molecule has 1 rings (SSSR count). The van der Waals surface area contributed by atoms with Gasteiger partial charge in [-0.2, -0.15) is 0 Å². The summed E-state index contributed by atoms with van der Waals surface area (Å²) in [5, 5.41) is 3.42. The third-order valence-corrected chi connectivity index (χ3v) is 2.98. The molecule has 2 heteroatoms. The van der Waals surface area contributed by atoms with Gasteiger partial charge < -0.3 is 10.2 Å². The minimum absolute atomic E-state index is 0.474. The van der Waals surface area contributed by atoms with E-state index < -0.39 is 0 Å². The molecule has 84 valence electrons. The molecule has 14 heavy (non-hydrogen) atoms. The third-order valence-electron chi connectivity index (χ3n) is 2.98. The van der Waals surface area contributed by atoms with Crippen LogP contribution in [-0.2, 0) is 0 Å². The van der Waals surface area contributed by atoms with Crippen LogP contribution in [0, 0.1) is 11.3 Å². The monoisotopic (exact) mass is 198 g/mol. The molecule has 0 saturated carbocycles. The van der Waals surface area contributed by atoms with Crippen molar-refractivity contribution in [1.29, 1.82) is 0 Å². The Hall–Kier alpha value is -0.0800. The van der Waals surface area contributed by atoms with E-state index in [1.165, 1.54) is 39.0 Å². The van der Waals surface area contributed by atoms with E-state index >= 15 is 0 Å². The van der Waals surface area contributed by atoms with Crippen LogP contribution < -0.4 is 5.32 Å². The first-order chi connectivity index (χ1) is 6.47. The van der Waals surface area contributed by atoms with Crippen molar-refractivity contribution in [2.75, 3.05) is 33.2 Å². The van der Waals surface area contributed by atoms with Gasteiger partial charge in [-0.25, -0.2) is 0 Å². The number of hydrogen-bond donors (Lipinski definition) is 1. The Kier molecular flexibility index (Phi) is 4.39. The molecule has 0 spiro atoms. The quantitative estimate of drug-likeness (QED) is 0.743. The van der Waals surface area contributed by atoms with E-state index in [0.717, 1.165) is 5.92 Å². The van der Waals surface area contributed by atoms with Crippen LogP contribution in [-0.4, -0.2) is 38.1 Å². The van der Waals surface area contributed by atoms with Crippen LogP contribution in [0.4, 0.5) is 0 Å². The Morgan fingerprint density at radius 2 is 2.07 bits per heavy atom. The van der Waals surface area contributed by atoms with Gasteiger partial charge in [0, 0.05) is 6.54 Å². The van der Waals surface area contributed by atoms with Gasteiger partial charge in [-0.05, 0) is 50.9 Å². The molecule has 0 bridgehead atoms. The fourth-order valence-electron chi connectivity index (χ4n) is 1.93. The fourth-order valence-corrected chi connectivity index (χ4v) is 1.93. The Bertz CT molecular complexity index is 154. The molecule has 0 aromatic carbocycles. The maximum Gasteiger partial charge on any atom is 0.00192 e. The highest BCUT2D eigenvalue weighted by molar-refractivity contribution is 4.74. The summed E-state index contributed by atoms with van der Waals surface area (Å²) in [5.74, 6) is 0.889. The van der Waals surface area contributed by atoms with Crippen molar-refractivity contribution in [3.05, 3.63) is 0 Å². The molecule has 0 radical (unpaired) electrons. The predicted molar refractivity (Wildman–Crippen MR) is 62.5 cm³/mol. The molecular weight excluding hydrogens is 172 g/mol. The Morgan fingerprint density at radius 3 is 2.57 bits per heavy atom. The van der Waals surface area contributed by atoms with Crippen molar-refractivity contribution < 1.29 is 0 Å². The lowest BCUT2D eigenvalue weighted by Crippen LogP contribution is -2.29. The predicted octanol–water partition coefficient (Wildman–Crippen LogP) is 1.96. The van der Waals surface area contributed by atoms with Gasteiger partial charge in [-0.3, -0.25) is 0 Å². The highest BCUT2D eigenvalue weighted by atomic mass is 15.1. The van der Waals surface area contributed by atoms with Gasteiger partial charge in [0.15, 0.2) is 0 Å². The van der Waals surface area contributed by atoms with Gasteiger partial charge >= 0.3 is 0 Å². The van der Waals surface area contributed by atoms with Crippen LogP contribution in [0.5, 0.6) is 0 Å². The molecule has 1 heterocycles. The molecule has 0 aromatic heterocycles. The molecule has 1 unspecified atom stereocenters. The lowest BCUT2D eigenvalue weighted by molar-refractivity contribution is 0.239. The van der Waals surface area contributed by atoms with Crippen LogP contribution in [0.1, 0.15) is 33.6 Å². The zero-order valence-corrected chi connectivity index (χ0v) is 10.3. The topological polar surface area (TPSA) is 15.3 Å². The average molecular weight is 198 g/mol. The summed E-state index contributed by atoms with van der Waals surface area (Å²) in [6.07, 6.45) is 2.66. The molecule has 0 aliphatic carbocycles. The van der Waals surface area contributed by atoms with Crippen LogP contribution in [0.25, 0.3) is 0 Å². The van der Waals surface area contributed by atoms with Crippen LogP contribution in [0.3, 0.4) is 0 Å². The van der Waals surface area contributed by atoms with Crippen molar-refractivity contribution in [3.63, 3.8) is 0 Å². The molecule has 1 aliphatic rings. The van der Waals surface area contributed by atoms with Gasteiger partial charge in [0.2, 0.25) is 0 Å². The maximum absolute atomic E-state index is 3.42. The highest BCUT2D eigenvalue weighted by Gasteiger charge is 2.17. The molecule has 1 atom stereocenters. The van der Waals surface area contributed by atoms with Gasteiger partial charge in [0.05, 0.1) is 0 Å². The molecule has 1 N–H and O–H groups in total.